The molecule has 0 spiro atoms. The van der Waals surface area contributed by atoms with Gasteiger partial charge < -0.3 is 15.8 Å². The number of ether oxygens (including phenoxy) is 1. The van der Waals surface area contributed by atoms with Crippen LogP contribution >= 0.6 is 11.8 Å². The van der Waals surface area contributed by atoms with Gasteiger partial charge in [0.25, 0.3) is 5.91 Å². The molecular formula is C21H20N2O2S. The highest BCUT2D eigenvalue weighted by atomic mass is 32.2. The normalized spacial score (nSPS) is 10.4. The fraction of sp³-hybridized carbons (Fsp3) is 0.0952. The van der Waals surface area contributed by atoms with Crippen molar-refractivity contribution in [3.63, 3.8) is 0 Å². The second-order valence-electron chi connectivity index (χ2n) is 5.71. The molecule has 0 unspecified atom stereocenters. The summed E-state index contributed by atoms with van der Waals surface area (Å²) in [6.45, 7) is 0. The third kappa shape index (κ3) is 4.00. The molecule has 0 fully saturated rings. The van der Waals surface area contributed by atoms with Gasteiger partial charge in [0.15, 0.2) is 0 Å². The predicted molar refractivity (Wildman–Crippen MR) is 109 cm³/mol. The summed E-state index contributed by atoms with van der Waals surface area (Å²) in [5.41, 5.74) is 9.78. The van der Waals surface area contributed by atoms with Gasteiger partial charge in [0.1, 0.15) is 5.75 Å². The molecule has 0 heterocycles. The Morgan fingerprint density at radius 1 is 0.962 bits per heavy atom. The van der Waals surface area contributed by atoms with Gasteiger partial charge in [-0.3, -0.25) is 4.79 Å². The molecule has 3 aromatic rings. The van der Waals surface area contributed by atoms with E-state index >= 15 is 0 Å². The van der Waals surface area contributed by atoms with Crippen molar-refractivity contribution in [2.75, 3.05) is 24.4 Å². The minimum Gasteiger partial charge on any atom is -0.497 e. The summed E-state index contributed by atoms with van der Waals surface area (Å²) in [5.74, 6) is 0.492. The van der Waals surface area contributed by atoms with E-state index in [9.17, 15) is 4.79 Å². The van der Waals surface area contributed by atoms with Crippen LogP contribution in [0.4, 0.5) is 11.4 Å². The number of nitrogens with two attached hydrogens (primary N) is 1. The van der Waals surface area contributed by atoms with E-state index in [1.54, 1.807) is 49.2 Å². The third-order valence-corrected chi connectivity index (χ3v) is 4.82. The largest absolute Gasteiger partial charge is 0.497 e. The fourth-order valence-electron chi connectivity index (χ4n) is 2.56. The van der Waals surface area contributed by atoms with Crippen molar-refractivity contribution in [3.8, 4) is 16.9 Å². The van der Waals surface area contributed by atoms with E-state index in [1.165, 1.54) is 4.90 Å². The zero-order chi connectivity index (χ0) is 18.5. The molecule has 132 valence electrons. The minimum absolute atomic E-state index is 0.214. The molecule has 3 rings (SSSR count). The number of hydrogen-bond donors (Lipinski definition) is 2. The second kappa shape index (κ2) is 7.97. The summed E-state index contributed by atoms with van der Waals surface area (Å²) in [6.07, 6.45) is 2.05. The van der Waals surface area contributed by atoms with Crippen molar-refractivity contribution in [3.05, 3.63) is 72.3 Å². The van der Waals surface area contributed by atoms with Crippen molar-refractivity contribution in [1.29, 1.82) is 0 Å². The molecule has 0 aliphatic heterocycles. The van der Waals surface area contributed by atoms with E-state index in [0.717, 1.165) is 11.1 Å². The molecule has 0 aliphatic rings. The number of benzene rings is 3. The van der Waals surface area contributed by atoms with Gasteiger partial charge in [-0.25, -0.2) is 0 Å². The van der Waals surface area contributed by atoms with Gasteiger partial charge in [0, 0.05) is 10.5 Å². The number of anilines is 2. The first-order valence-corrected chi connectivity index (χ1v) is 9.32. The molecule has 0 bridgehead atoms. The van der Waals surface area contributed by atoms with Gasteiger partial charge in [-0.1, -0.05) is 18.2 Å². The molecule has 0 aromatic heterocycles. The molecule has 0 saturated heterocycles. The molecule has 0 aliphatic carbocycles. The number of methoxy groups -OCH3 is 1. The van der Waals surface area contributed by atoms with E-state index in [1.807, 2.05) is 18.4 Å². The average Bonchev–Trinajstić information content (AvgIpc) is 2.69. The van der Waals surface area contributed by atoms with Crippen LogP contribution in [0.1, 0.15) is 10.4 Å². The zero-order valence-corrected chi connectivity index (χ0v) is 15.5. The Bertz CT molecular complexity index is 906. The van der Waals surface area contributed by atoms with Crippen LogP contribution < -0.4 is 15.8 Å². The van der Waals surface area contributed by atoms with Crippen LogP contribution in [0, 0.1) is 0 Å². The van der Waals surface area contributed by atoms with Gasteiger partial charge >= 0.3 is 0 Å². The van der Waals surface area contributed by atoms with E-state index in [0.29, 0.717) is 22.7 Å². The SMILES string of the molecule is COc1ccc(C(=O)Nc2cc(-c3ccc(SC)cc3)ccc2N)cc1. The van der Waals surface area contributed by atoms with Crippen molar-refractivity contribution in [2.24, 2.45) is 0 Å². The monoisotopic (exact) mass is 364 g/mol. The lowest BCUT2D eigenvalue weighted by Gasteiger charge is -2.11. The lowest BCUT2D eigenvalue weighted by atomic mass is 10.0. The van der Waals surface area contributed by atoms with E-state index < -0.39 is 0 Å². The third-order valence-electron chi connectivity index (χ3n) is 4.08. The van der Waals surface area contributed by atoms with Gasteiger partial charge in [-0.15, -0.1) is 11.8 Å². The van der Waals surface area contributed by atoms with E-state index in [-0.39, 0.29) is 5.91 Å². The van der Waals surface area contributed by atoms with Crippen molar-refractivity contribution < 1.29 is 9.53 Å². The Kier molecular flexibility index (Phi) is 5.49. The van der Waals surface area contributed by atoms with E-state index in [2.05, 4.69) is 29.6 Å². The topological polar surface area (TPSA) is 64.3 Å². The Labute approximate surface area is 157 Å². The van der Waals surface area contributed by atoms with Crippen LogP contribution in [0.15, 0.2) is 71.6 Å². The van der Waals surface area contributed by atoms with Crippen molar-refractivity contribution >= 4 is 29.0 Å². The van der Waals surface area contributed by atoms with Crippen LogP contribution in [0.3, 0.4) is 0 Å². The second-order valence-corrected chi connectivity index (χ2v) is 6.59. The Balaban J connectivity index is 1.83. The maximum atomic E-state index is 12.5. The first-order chi connectivity index (χ1) is 12.6. The minimum atomic E-state index is -0.214. The average molecular weight is 364 g/mol. The van der Waals surface area contributed by atoms with Crippen LogP contribution in [-0.4, -0.2) is 19.3 Å². The number of carbonyl (C=O) groups excluding carboxylic acids is 1. The lowest BCUT2D eigenvalue weighted by molar-refractivity contribution is 0.102. The molecule has 0 saturated carbocycles. The first-order valence-electron chi connectivity index (χ1n) is 8.10. The number of thioether (sulfide) groups is 1. The Morgan fingerprint density at radius 3 is 2.23 bits per heavy atom. The van der Waals surface area contributed by atoms with Crippen LogP contribution in [-0.2, 0) is 0 Å². The maximum absolute atomic E-state index is 12.5. The van der Waals surface area contributed by atoms with Crippen molar-refractivity contribution in [2.45, 2.75) is 4.90 Å². The maximum Gasteiger partial charge on any atom is 0.255 e. The molecular weight excluding hydrogens is 344 g/mol. The van der Waals surface area contributed by atoms with Crippen LogP contribution in [0.2, 0.25) is 0 Å². The molecule has 5 heteroatoms. The quantitative estimate of drug-likeness (QED) is 0.498. The summed E-state index contributed by atoms with van der Waals surface area (Å²) in [6, 6.07) is 20.9. The number of nitrogen functional groups attached to an aromatic ring is 1. The number of nitrogens with one attached hydrogen (secondary N) is 1. The van der Waals surface area contributed by atoms with Crippen molar-refractivity contribution in [1.82, 2.24) is 0 Å². The zero-order valence-electron chi connectivity index (χ0n) is 14.7. The smallest absolute Gasteiger partial charge is 0.255 e. The fourth-order valence-corrected chi connectivity index (χ4v) is 2.97. The van der Waals surface area contributed by atoms with Crippen LogP contribution in [0.5, 0.6) is 5.75 Å². The van der Waals surface area contributed by atoms with Crippen LogP contribution in [0.25, 0.3) is 11.1 Å². The van der Waals surface area contributed by atoms with Gasteiger partial charge in [0.05, 0.1) is 18.5 Å². The highest BCUT2D eigenvalue weighted by molar-refractivity contribution is 7.98. The summed E-state index contributed by atoms with van der Waals surface area (Å²) in [7, 11) is 1.59. The number of rotatable bonds is 5. The highest BCUT2D eigenvalue weighted by Crippen LogP contribution is 2.29. The summed E-state index contributed by atoms with van der Waals surface area (Å²) >= 11 is 1.70. The Hall–Kier alpha value is -2.92. The van der Waals surface area contributed by atoms with Gasteiger partial charge in [-0.05, 0) is 65.9 Å². The first kappa shape index (κ1) is 17.9. The van der Waals surface area contributed by atoms with Gasteiger partial charge in [0.2, 0.25) is 0 Å². The standard InChI is InChI=1S/C21H20N2O2S/c1-25-17-8-3-15(4-9-17)21(24)23-20-13-16(7-12-19(20)22)14-5-10-18(26-2)11-6-14/h3-13H,22H2,1-2H3,(H,23,24). The summed E-state index contributed by atoms with van der Waals surface area (Å²) in [5, 5.41) is 2.89. The summed E-state index contributed by atoms with van der Waals surface area (Å²) < 4.78 is 5.11. The molecule has 3 aromatic carbocycles. The molecule has 0 radical (unpaired) electrons. The number of carbonyl (C=O) groups is 1. The van der Waals surface area contributed by atoms with Gasteiger partial charge in [-0.2, -0.15) is 0 Å². The van der Waals surface area contributed by atoms with E-state index in [4.69, 9.17) is 10.5 Å². The number of hydrogen-bond acceptors (Lipinski definition) is 4. The molecule has 26 heavy (non-hydrogen) atoms. The lowest BCUT2D eigenvalue weighted by Crippen LogP contribution is -2.13. The highest BCUT2D eigenvalue weighted by Gasteiger charge is 2.10. The predicted octanol–water partition coefficient (Wildman–Crippen LogP) is 4.92. The summed E-state index contributed by atoms with van der Waals surface area (Å²) in [4.78, 5) is 13.7. The molecule has 4 nitrogen and oxygen atoms in total. The molecule has 0 atom stereocenters. The molecule has 1 amide bonds. The molecule has 3 N–H and O–H groups in total. The Morgan fingerprint density at radius 2 is 1.62 bits per heavy atom. The number of amides is 1.